The number of carboxylic acids is 1. The molecule has 0 bridgehead atoms. The number of ether oxygens (including phenoxy) is 1. The third kappa shape index (κ3) is 3.25. The van der Waals surface area contributed by atoms with Crippen molar-refractivity contribution in [2.75, 3.05) is 19.8 Å². The minimum atomic E-state index is -1.01. The maximum absolute atomic E-state index is 12.8. The fraction of sp³-hybridized carbons (Fsp3) is 0.412. The third-order valence-electron chi connectivity index (χ3n) is 4.44. The number of rotatable bonds is 4. The van der Waals surface area contributed by atoms with Crippen LogP contribution in [0.15, 0.2) is 27.8 Å². The number of aliphatic carboxylic acids is 1. The van der Waals surface area contributed by atoms with Gasteiger partial charge in [0.15, 0.2) is 0 Å². The standard InChI is InChI=1S/C17H19N3O6/c1-2-19-16(24)12-4-3-10(7-13(12)18-17(19)25)15(23)20-5-6-26-9-11(20)8-14(21)22/h3-4,7,11H,2,5-6,8-9H2,1H3,(H,18,25)(H,21,22). The molecule has 0 spiro atoms. The van der Waals surface area contributed by atoms with Crippen molar-refractivity contribution in [2.45, 2.75) is 25.9 Å². The number of amides is 1. The Labute approximate surface area is 147 Å². The SMILES string of the molecule is CCn1c(=O)[nH]c2cc(C(=O)N3CCOCC3CC(=O)O)ccc2c1=O. The number of carbonyl (C=O) groups excluding carboxylic acids is 1. The molecule has 9 nitrogen and oxygen atoms in total. The second-order valence-electron chi connectivity index (χ2n) is 6.07. The van der Waals surface area contributed by atoms with E-state index < -0.39 is 23.3 Å². The van der Waals surface area contributed by atoms with Crippen LogP contribution in [0, 0.1) is 0 Å². The first-order valence-electron chi connectivity index (χ1n) is 8.29. The second-order valence-corrected chi connectivity index (χ2v) is 6.07. The van der Waals surface area contributed by atoms with Crippen molar-refractivity contribution in [1.82, 2.24) is 14.5 Å². The number of carboxylic acid groups (broad SMARTS) is 1. The molecule has 2 N–H and O–H groups in total. The second kappa shape index (κ2) is 7.12. The van der Waals surface area contributed by atoms with E-state index in [9.17, 15) is 19.2 Å². The molecular weight excluding hydrogens is 342 g/mol. The summed E-state index contributed by atoms with van der Waals surface area (Å²) in [6.45, 7) is 2.71. The first kappa shape index (κ1) is 17.9. The topological polar surface area (TPSA) is 122 Å². The summed E-state index contributed by atoms with van der Waals surface area (Å²) in [6, 6.07) is 3.90. The number of hydrogen-bond acceptors (Lipinski definition) is 5. The molecule has 2 heterocycles. The predicted octanol–water partition coefficient (Wildman–Crippen LogP) is 0.0254. The van der Waals surface area contributed by atoms with Crippen LogP contribution >= 0.6 is 0 Å². The molecule has 0 saturated carbocycles. The Morgan fingerprint density at radius 1 is 1.35 bits per heavy atom. The van der Waals surface area contributed by atoms with Crippen molar-refractivity contribution in [3.05, 3.63) is 44.6 Å². The number of H-pyrrole nitrogens is 1. The quantitative estimate of drug-likeness (QED) is 0.792. The van der Waals surface area contributed by atoms with Gasteiger partial charge < -0.3 is 19.7 Å². The van der Waals surface area contributed by atoms with Gasteiger partial charge in [0.25, 0.3) is 11.5 Å². The molecule has 1 aliphatic heterocycles. The van der Waals surface area contributed by atoms with Crippen molar-refractivity contribution >= 4 is 22.8 Å². The molecule has 138 valence electrons. The van der Waals surface area contributed by atoms with Gasteiger partial charge in [-0.05, 0) is 25.1 Å². The fourth-order valence-electron chi connectivity index (χ4n) is 3.13. The molecule has 1 atom stereocenters. The summed E-state index contributed by atoms with van der Waals surface area (Å²) in [4.78, 5) is 52.2. The van der Waals surface area contributed by atoms with Crippen LogP contribution < -0.4 is 11.2 Å². The Morgan fingerprint density at radius 3 is 2.81 bits per heavy atom. The van der Waals surface area contributed by atoms with Crippen molar-refractivity contribution in [3.8, 4) is 0 Å². The van der Waals surface area contributed by atoms with Crippen LogP contribution in [-0.2, 0) is 16.1 Å². The number of morpholine rings is 1. The van der Waals surface area contributed by atoms with E-state index in [0.29, 0.717) is 12.0 Å². The first-order valence-corrected chi connectivity index (χ1v) is 8.29. The van der Waals surface area contributed by atoms with Crippen LogP contribution in [0.25, 0.3) is 10.9 Å². The van der Waals surface area contributed by atoms with Gasteiger partial charge in [-0.2, -0.15) is 0 Å². The molecule has 1 unspecified atom stereocenters. The van der Waals surface area contributed by atoms with Crippen molar-refractivity contribution < 1.29 is 19.4 Å². The Balaban J connectivity index is 1.99. The number of hydrogen-bond donors (Lipinski definition) is 2. The molecule has 1 aromatic carbocycles. The number of nitrogens with zero attached hydrogens (tertiary/aromatic N) is 2. The molecule has 1 aliphatic rings. The average molecular weight is 361 g/mol. The van der Waals surface area contributed by atoms with Gasteiger partial charge in [0.05, 0.1) is 36.6 Å². The van der Waals surface area contributed by atoms with E-state index in [0.717, 1.165) is 4.57 Å². The Kier molecular flexibility index (Phi) is 4.90. The van der Waals surface area contributed by atoms with Crippen LogP contribution in [0.3, 0.4) is 0 Å². The van der Waals surface area contributed by atoms with E-state index in [4.69, 9.17) is 9.84 Å². The minimum absolute atomic E-state index is 0.156. The van der Waals surface area contributed by atoms with Crippen LogP contribution in [0.5, 0.6) is 0 Å². The lowest BCUT2D eigenvalue weighted by atomic mass is 10.1. The highest BCUT2D eigenvalue weighted by Gasteiger charge is 2.30. The zero-order valence-electron chi connectivity index (χ0n) is 14.2. The maximum atomic E-state index is 12.8. The largest absolute Gasteiger partial charge is 0.481 e. The molecule has 0 radical (unpaired) electrons. The molecule has 1 aromatic heterocycles. The first-order chi connectivity index (χ1) is 12.4. The summed E-state index contributed by atoms with van der Waals surface area (Å²) in [5, 5.41) is 9.33. The highest BCUT2D eigenvalue weighted by molar-refractivity contribution is 5.98. The van der Waals surface area contributed by atoms with E-state index in [-0.39, 0.29) is 43.1 Å². The van der Waals surface area contributed by atoms with E-state index in [1.807, 2.05) is 0 Å². The third-order valence-corrected chi connectivity index (χ3v) is 4.44. The van der Waals surface area contributed by atoms with Gasteiger partial charge in [0.2, 0.25) is 0 Å². The van der Waals surface area contributed by atoms with E-state index in [1.54, 1.807) is 6.92 Å². The van der Waals surface area contributed by atoms with Gasteiger partial charge in [0, 0.05) is 18.7 Å². The summed E-state index contributed by atoms with van der Waals surface area (Å²) in [5.41, 5.74) is -0.400. The number of benzene rings is 1. The number of aromatic amines is 1. The minimum Gasteiger partial charge on any atom is -0.481 e. The summed E-state index contributed by atoms with van der Waals surface area (Å²) in [6.07, 6.45) is -0.211. The van der Waals surface area contributed by atoms with Gasteiger partial charge in [0.1, 0.15) is 0 Å². The Hall–Kier alpha value is -2.94. The zero-order chi connectivity index (χ0) is 18.8. The highest BCUT2D eigenvalue weighted by Crippen LogP contribution is 2.17. The van der Waals surface area contributed by atoms with Crippen molar-refractivity contribution in [1.29, 1.82) is 0 Å². The number of fused-ring (bicyclic) bond motifs is 1. The molecule has 1 saturated heterocycles. The monoisotopic (exact) mass is 361 g/mol. The number of carbonyl (C=O) groups is 2. The van der Waals surface area contributed by atoms with Crippen LogP contribution in [-0.4, -0.2) is 57.2 Å². The van der Waals surface area contributed by atoms with Crippen LogP contribution in [0.1, 0.15) is 23.7 Å². The van der Waals surface area contributed by atoms with E-state index in [2.05, 4.69) is 4.98 Å². The van der Waals surface area contributed by atoms with E-state index in [1.165, 1.54) is 23.1 Å². The lowest BCUT2D eigenvalue weighted by Gasteiger charge is -2.34. The summed E-state index contributed by atoms with van der Waals surface area (Å²) >= 11 is 0. The van der Waals surface area contributed by atoms with E-state index >= 15 is 0 Å². The predicted molar refractivity (Wildman–Crippen MR) is 92.4 cm³/mol. The molecule has 0 aliphatic carbocycles. The van der Waals surface area contributed by atoms with Gasteiger partial charge in [-0.25, -0.2) is 4.79 Å². The molecule has 2 aromatic rings. The smallest absolute Gasteiger partial charge is 0.328 e. The van der Waals surface area contributed by atoms with Crippen LogP contribution in [0.2, 0.25) is 0 Å². The zero-order valence-corrected chi connectivity index (χ0v) is 14.2. The van der Waals surface area contributed by atoms with Gasteiger partial charge in [-0.15, -0.1) is 0 Å². The maximum Gasteiger partial charge on any atom is 0.328 e. The summed E-state index contributed by atoms with van der Waals surface area (Å²) in [5.74, 6) is -1.37. The molecule has 9 heteroatoms. The highest BCUT2D eigenvalue weighted by atomic mass is 16.5. The van der Waals surface area contributed by atoms with Gasteiger partial charge >= 0.3 is 11.7 Å². The lowest BCUT2D eigenvalue weighted by Crippen LogP contribution is -2.49. The molecule has 26 heavy (non-hydrogen) atoms. The average Bonchev–Trinajstić information content (AvgIpc) is 2.61. The molecule has 1 fully saturated rings. The summed E-state index contributed by atoms with van der Waals surface area (Å²) < 4.78 is 6.36. The number of aromatic nitrogens is 2. The molecule has 1 amide bonds. The molecular formula is C17H19N3O6. The van der Waals surface area contributed by atoms with Gasteiger partial charge in [-0.1, -0.05) is 0 Å². The summed E-state index contributed by atoms with van der Waals surface area (Å²) in [7, 11) is 0. The van der Waals surface area contributed by atoms with Crippen molar-refractivity contribution in [3.63, 3.8) is 0 Å². The van der Waals surface area contributed by atoms with Crippen LogP contribution in [0.4, 0.5) is 0 Å². The fourth-order valence-corrected chi connectivity index (χ4v) is 3.13. The Bertz CT molecular complexity index is 977. The van der Waals surface area contributed by atoms with Gasteiger partial charge in [-0.3, -0.25) is 19.0 Å². The molecule has 3 rings (SSSR count). The Morgan fingerprint density at radius 2 is 2.12 bits per heavy atom. The van der Waals surface area contributed by atoms with Crippen molar-refractivity contribution in [2.24, 2.45) is 0 Å². The normalized spacial score (nSPS) is 17.4. The number of nitrogens with one attached hydrogen (secondary N) is 1. The lowest BCUT2D eigenvalue weighted by molar-refractivity contribution is -0.139.